The maximum Gasteiger partial charge on any atom is 0.170 e. The van der Waals surface area contributed by atoms with Gasteiger partial charge < -0.3 is 20.4 Å². The Morgan fingerprint density at radius 1 is 1.50 bits per heavy atom. The van der Waals surface area contributed by atoms with Crippen molar-refractivity contribution in [1.82, 2.24) is 0 Å². The van der Waals surface area contributed by atoms with E-state index in [0.717, 1.165) is 0 Å². The van der Waals surface area contributed by atoms with Crippen molar-refractivity contribution in [2.24, 2.45) is 10.9 Å². The molecule has 0 bridgehead atoms. The van der Waals surface area contributed by atoms with Crippen molar-refractivity contribution in [2.75, 3.05) is 20.4 Å². The normalized spacial score (nSPS) is 11.2. The predicted molar refractivity (Wildman–Crippen MR) is 57.0 cm³/mol. The number of rotatable bonds is 5. The topological polar surface area (TPSA) is 77.1 Å². The van der Waals surface area contributed by atoms with Crippen LogP contribution in [-0.4, -0.2) is 31.4 Å². The van der Waals surface area contributed by atoms with Gasteiger partial charge in [-0.25, -0.2) is 4.39 Å². The van der Waals surface area contributed by atoms with E-state index in [-0.39, 0.29) is 12.4 Å². The summed E-state index contributed by atoms with van der Waals surface area (Å²) >= 11 is 0. The Balaban J connectivity index is 2.97. The Hall–Kier alpha value is -1.98. The number of hydrogen-bond acceptors (Lipinski definition) is 4. The molecule has 0 radical (unpaired) electrons. The first-order valence-corrected chi connectivity index (χ1v) is 4.57. The van der Waals surface area contributed by atoms with Gasteiger partial charge in [0.15, 0.2) is 17.3 Å². The minimum Gasteiger partial charge on any atom is -0.493 e. The number of nitrogens with zero attached hydrogens (tertiary/aromatic N) is 1. The molecule has 0 aliphatic rings. The minimum atomic E-state index is -0.578. The van der Waals surface area contributed by atoms with Crippen molar-refractivity contribution in [3.63, 3.8) is 0 Å². The zero-order valence-corrected chi connectivity index (χ0v) is 8.81. The lowest BCUT2D eigenvalue weighted by atomic mass is 10.2. The molecule has 0 aliphatic carbocycles. The molecule has 0 aromatic heterocycles. The van der Waals surface area contributed by atoms with Crippen LogP contribution < -0.4 is 15.2 Å². The summed E-state index contributed by atoms with van der Waals surface area (Å²) in [4.78, 5) is 0. The first-order valence-electron chi connectivity index (χ1n) is 4.57. The van der Waals surface area contributed by atoms with Gasteiger partial charge in [0, 0.05) is 5.56 Å². The molecule has 0 saturated carbocycles. The minimum absolute atomic E-state index is 0.0321. The number of methoxy groups -OCH3 is 1. The molecule has 0 spiro atoms. The number of halogens is 1. The van der Waals surface area contributed by atoms with Crippen molar-refractivity contribution < 1.29 is 19.1 Å². The molecule has 1 rings (SSSR count). The third kappa shape index (κ3) is 2.75. The SMILES string of the molecule is COc1cc(/C(N)=N/O)ccc1OCCF. The van der Waals surface area contributed by atoms with Crippen molar-refractivity contribution in [3.8, 4) is 11.5 Å². The van der Waals surface area contributed by atoms with Crippen LogP contribution in [0.5, 0.6) is 11.5 Å². The molecule has 0 heterocycles. The van der Waals surface area contributed by atoms with E-state index in [1.807, 2.05) is 0 Å². The summed E-state index contributed by atoms with van der Waals surface area (Å²) in [5.74, 6) is 0.780. The predicted octanol–water partition coefficient (Wildman–Crippen LogP) is 1.14. The van der Waals surface area contributed by atoms with E-state index in [2.05, 4.69) is 5.16 Å². The van der Waals surface area contributed by atoms with Gasteiger partial charge in [-0.2, -0.15) is 0 Å². The van der Waals surface area contributed by atoms with Crippen LogP contribution in [0.2, 0.25) is 0 Å². The zero-order valence-electron chi connectivity index (χ0n) is 8.81. The van der Waals surface area contributed by atoms with Crippen LogP contribution in [0, 0.1) is 0 Å². The van der Waals surface area contributed by atoms with Crippen LogP contribution >= 0.6 is 0 Å². The Labute approximate surface area is 92.3 Å². The van der Waals surface area contributed by atoms with E-state index in [1.165, 1.54) is 7.11 Å². The second-order valence-corrected chi connectivity index (χ2v) is 2.89. The Morgan fingerprint density at radius 2 is 2.25 bits per heavy atom. The molecule has 0 aliphatic heterocycles. The molecular weight excluding hydrogens is 215 g/mol. The van der Waals surface area contributed by atoms with Gasteiger partial charge in [0.05, 0.1) is 7.11 Å². The van der Waals surface area contributed by atoms with Crippen LogP contribution in [0.15, 0.2) is 23.4 Å². The first-order chi connectivity index (χ1) is 7.72. The highest BCUT2D eigenvalue weighted by Gasteiger charge is 2.07. The Bertz CT molecular complexity index is 382. The van der Waals surface area contributed by atoms with Crippen LogP contribution in [-0.2, 0) is 0 Å². The van der Waals surface area contributed by atoms with Crippen molar-refractivity contribution >= 4 is 5.84 Å². The van der Waals surface area contributed by atoms with Crippen molar-refractivity contribution in [2.45, 2.75) is 0 Å². The molecular formula is C10H13FN2O3. The number of alkyl halides is 1. The van der Waals surface area contributed by atoms with Crippen LogP contribution in [0.3, 0.4) is 0 Å². The third-order valence-corrected chi connectivity index (χ3v) is 1.90. The average molecular weight is 228 g/mol. The van der Waals surface area contributed by atoms with Crippen molar-refractivity contribution in [3.05, 3.63) is 23.8 Å². The largest absolute Gasteiger partial charge is 0.493 e. The first kappa shape index (κ1) is 12.1. The van der Waals surface area contributed by atoms with Crippen LogP contribution in [0.4, 0.5) is 4.39 Å². The molecule has 0 atom stereocenters. The maximum absolute atomic E-state index is 11.9. The van der Waals surface area contributed by atoms with Gasteiger partial charge in [0.1, 0.15) is 13.3 Å². The molecule has 0 amide bonds. The standard InChI is InChI=1S/C10H13FN2O3/c1-15-9-6-7(10(12)13-14)2-3-8(9)16-5-4-11/h2-3,6,14H,4-5H2,1H3,(H2,12,13). The van der Waals surface area contributed by atoms with Gasteiger partial charge in [-0.15, -0.1) is 0 Å². The summed E-state index contributed by atoms with van der Waals surface area (Å²) in [7, 11) is 1.45. The lowest BCUT2D eigenvalue weighted by molar-refractivity contribution is 0.260. The van der Waals surface area contributed by atoms with Gasteiger partial charge in [0.2, 0.25) is 0 Å². The van der Waals surface area contributed by atoms with Gasteiger partial charge in [0.25, 0.3) is 0 Å². The molecule has 0 saturated heterocycles. The van der Waals surface area contributed by atoms with E-state index < -0.39 is 6.67 Å². The second-order valence-electron chi connectivity index (χ2n) is 2.89. The average Bonchev–Trinajstić information content (AvgIpc) is 2.35. The van der Waals surface area contributed by atoms with E-state index in [1.54, 1.807) is 18.2 Å². The Kier molecular flexibility index (Phi) is 4.38. The highest BCUT2D eigenvalue weighted by molar-refractivity contribution is 5.97. The highest BCUT2D eigenvalue weighted by atomic mass is 19.1. The number of amidine groups is 1. The molecule has 6 heteroatoms. The number of nitrogens with two attached hydrogens (primary N) is 1. The molecule has 5 nitrogen and oxygen atoms in total. The van der Waals surface area contributed by atoms with Gasteiger partial charge in [-0.05, 0) is 18.2 Å². The monoisotopic (exact) mass is 228 g/mol. The van der Waals surface area contributed by atoms with Crippen molar-refractivity contribution in [1.29, 1.82) is 0 Å². The molecule has 1 aromatic carbocycles. The zero-order chi connectivity index (χ0) is 12.0. The summed E-state index contributed by atoms with van der Waals surface area (Å²) < 4.78 is 22.1. The molecule has 16 heavy (non-hydrogen) atoms. The van der Waals surface area contributed by atoms with E-state index in [4.69, 9.17) is 20.4 Å². The summed E-state index contributed by atoms with van der Waals surface area (Å²) in [6, 6.07) is 4.70. The lowest BCUT2D eigenvalue weighted by Crippen LogP contribution is -2.13. The molecule has 0 unspecified atom stereocenters. The fourth-order valence-corrected chi connectivity index (χ4v) is 1.15. The van der Waals surface area contributed by atoms with Crippen LogP contribution in [0.1, 0.15) is 5.56 Å². The van der Waals surface area contributed by atoms with Gasteiger partial charge in [-0.3, -0.25) is 0 Å². The third-order valence-electron chi connectivity index (χ3n) is 1.90. The summed E-state index contributed by atoms with van der Waals surface area (Å²) in [6.07, 6.45) is 0. The Morgan fingerprint density at radius 3 is 2.81 bits per heavy atom. The lowest BCUT2D eigenvalue weighted by Gasteiger charge is -2.10. The van der Waals surface area contributed by atoms with E-state index in [0.29, 0.717) is 17.1 Å². The number of hydrogen-bond donors (Lipinski definition) is 2. The molecule has 0 fully saturated rings. The molecule has 88 valence electrons. The van der Waals surface area contributed by atoms with E-state index >= 15 is 0 Å². The number of benzene rings is 1. The van der Waals surface area contributed by atoms with Gasteiger partial charge >= 0.3 is 0 Å². The second kappa shape index (κ2) is 5.79. The fourth-order valence-electron chi connectivity index (χ4n) is 1.15. The molecule has 1 aromatic rings. The van der Waals surface area contributed by atoms with Crippen LogP contribution in [0.25, 0.3) is 0 Å². The number of oxime groups is 1. The molecule has 3 N–H and O–H groups in total. The summed E-state index contributed by atoms with van der Waals surface area (Å²) in [5, 5.41) is 11.4. The highest BCUT2D eigenvalue weighted by Crippen LogP contribution is 2.27. The summed E-state index contributed by atoms with van der Waals surface area (Å²) in [6.45, 7) is -0.621. The summed E-state index contributed by atoms with van der Waals surface area (Å²) in [5.41, 5.74) is 5.90. The smallest absolute Gasteiger partial charge is 0.170 e. The number of ether oxygens (including phenoxy) is 2. The van der Waals surface area contributed by atoms with E-state index in [9.17, 15) is 4.39 Å². The quantitative estimate of drug-likeness (QED) is 0.343. The maximum atomic E-state index is 11.9. The van der Waals surface area contributed by atoms with Gasteiger partial charge in [-0.1, -0.05) is 5.16 Å². The fraction of sp³-hybridized carbons (Fsp3) is 0.300.